The summed E-state index contributed by atoms with van der Waals surface area (Å²) >= 11 is 0. The first-order valence-corrected chi connectivity index (χ1v) is 6.51. The molecular weight excluding hydrogens is 230 g/mol. The molecule has 0 amide bonds. The van der Waals surface area contributed by atoms with Gasteiger partial charge in [0.05, 0.1) is 13.2 Å². The molecule has 0 saturated carbocycles. The molecule has 4 nitrogen and oxygen atoms in total. The van der Waals surface area contributed by atoms with E-state index in [1.807, 2.05) is 20.0 Å². The molecule has 0 aromatic carbocycles. The van der Waals surface area contributed by atoms with Crippen LogP contribution in [0.3, 0.4) is 0 Å². The first kappa shape index (κ1) is 15.2. The summed E-state index contributed by atoms with van der Waals surface area (Å²) in [6, 6.07) is 2.04. The normalized spacial score (nSPS) is 11.4. The maximum atomic E-state index is 5.61. The van der Waals surface area contributed by atoms with Crippen molar-refractivity contribution in [2.45, 2.75) is 33.9 Å². The molecule has 1 N–H and O–H groups in total. The smallest absolute Gasteiger partial charge is 0.130 e. The van der Waals surface area contributed by atoms with Crippen molar-refractivity contribution in [2.24, 2.45) is 5.92 Å². The highest BCUT2D eigenvalue weighted by atomic mass is 16.5. The molecule has 0 bridgehead atoms. The van der Waals surface area contributed by atoms with Crippen LogP contribution < -0.4 is 5.32 Å². The molecule has 0 radical (unpaired) electrons. The Kier molecular flexibility index (Phi) is 7.01. The van der Waals surface area contributed by atoms with Gasteiger partial charge >= 0.3 is 0 Å². The highest BCUT2D eigenvalue weighted by Gasteiger charge is 2.06. The number of nitrogens with one attached hydrogen (secondary N) is 1. The summed E-state index contributed by atoms with van der Waals surface area (Å²) in [5.74, 6) is 2.41. The molecule has 0 saturated heterocycles. The van der Waals surface area contributed by atoms with Crippen LogP contribution in [0.2, 0.25) is 0 Å². The molecule has 0 atom stereocenters. The molecule has 0 aliphatic carbocycles. The Morgan fingerprint density at radius 2 is 2.00 bits per heavy atom. The average Bonchev–Trinajstić information content (AvgIpc) is 2.65. The fourth-order valence-electron chi connectivity index (χ4n) is 1.63. The van der Waals surface area contributed by atoms with Crippen molar-refractivity contribution in [3.05, 3.63) is 23.2 Å². The first-order chi connectivity index (χ1) is 8.63. The minimum Gasteiger partial charge on any atom is -0.464 e. The van der Waals surface area contributed by atoms with E-state index in [9.17, 15) is 0 Å². The van der Waals surface area contributed by atoms with Crippen molar-refractivity contribution in [3.8, 4) is 0 Å². The van der Waals surface area contributed by atoms with Crippen LogP contribution >= 0.6 is 0 Å². The Morgan fingerprint density at radius 1 is 1.28 bits per heavy atom. The van der Waals surface area contributed by atoms with E-state index in [0.29, 0.717) is 25.7 Å². The Labute approximate surface area is 110 Å². The summed E-state index contributed by atoms with van der Waals surface area (Å²) in [5, 5.41) is 3.11. The largest absolute Gasteiger partial charge is 0.464 e. The van der Waals surface area contributed by atoms with Gasteiger partial charge in [0.1, 0.15) is 18.1 Å². The Bertz CT molecular complexity index is 334. The molecule has 0 spiro atoms. The van der Waals surface area contributed by atoms with Crippen LogP contribution in [0.4, 0.5) is 0 Å². The zero-order chi connectivity index (χ0) is 13.4. The summed E-state index contributed by atoms with van der Waals surface area (Å²) in [7, 11) is 1.93. The van der Waals surface area contributed by atoms with Crippen molar-refractivity contribution in [3.63, 3.8) is 0 Å². The van der Waals surface area contributed by atoms with Gasteiger partial charge in [0, 0.05) is 18.7 Å². The second-order valence-corrected chi connectivity index (χ2v) is 4.85. The highest BCUT2D eigenvalue weighted by Crippen LogP contribution is 2.15. The maximum Gasteiger partial charge on any atom is 0.130 e. The molecule has 4 heteroatoms. The topological polar surface area (TPSA) is 43.6 Å². The third kappa shape index (κ3) is 5.67. The number of ether oxygens (including phenoxy) is 2. The minimum absolute atomic E-state index is 0.510. The summed E-state index contributed by atoms with van der Waals surface area (Å²) < 4.78 is 16.5. The predicted molar refractivity (Wildman–Crippen MR) is 71.5 cm³/mol. The standard InChI is InChI=1S/C14H25NO3/c1-11(2)9-16-5-6-17-10-14-7-13(8-15-4)12(3)18-14/h7,11,15H,5-6,8-10H2,1-4H3. The van der Waals surface area contributed by atoms with Gasteiger partial charge in [0.15, 0.2) is 0 Å². The van der Waals surface area contributed by atoms with E-state index in [0.717, 1.165) is 24.7 Å². The van der Waals surface area contributed by atoms with Gasteiger partial charge in [0.2, 0.25) is 0 Å². The zero-order valence-electron chi connectivity index (χ0n) is 11.9. The molecule has 0 aliphatic heterocycles. The van der Waals surface area contributed by atoms with Gasteiger partial charge in [-0.1, -0.05) is 13.8 Å². The average molecular weight is 255 g/mol. The van der Waals surface area contributed by atoms with Crippen LogP contribution in [0, 0.1) is 12.8 Å². The molecule has 18 heavy (non-hydrogen) atoms. The summed E-state index contributed by atoms with van der Waals surface area (Å²) in [5.41, 5.74) is 1.19. The fraction of sp³-hybridized carbons (Fsp3) is 0.714. The number of aryl methyl sites for hydroxylation is 1. The van der Waals surface area contributed by atoms with E-state index < -0.39 is 0 Å². The molecule has 0 unspecified atom stereocenters. The lowest BCUT2D eigenvalue weighted by Crippen LogP contribution is -2.08. The van der Waals surface area contributed by atoms with E-state index >= 15 is 0 Å². The first-order valence-electron chi connectivity index (χ1n) is 6.51. The van der Waals surface area contributed by atoms with Crippen LogP contribution in [-0.4, -0.2) is 26.9 Å². The fourth-order valence-corrected chi connectivity index (χ4v) is 1.63. The van der Waals surface area contributed by atoms with Gasteiger partial charge in [0.25, 0.3) is 0 Å². The lowest BCUT2D eigenvalue weighted by molar-refractivity contribution is 0.0262. The second-order valence-electron chi connectivity index (χ2n) is 4.85. The Balaban J connectivity index is 2.17. The van der Waals surface area contributed by atoms with Crippen LogP contribution in [0.15, 0.2) is 10.5 Å². The summed E-state index contributed by atoms with van der Waals surface area (Å²) in [4.78, 5) is 0. The highest BCUT2D eigenvalue weighted by molar-refractivity contribution is 5.20. The monoisotopic (exact) mass is 255 g/mol. The number of hydrogen-bond donors (Lipinski definition) is 1. The van der Waals surface area contributed by atoms with Crippen molar-refractivity contribution in [1.82, 2.24) is 5.32 Å². The van der Waals surface area contributed by atoms with Crippen molar-refractivity contribution < 1.29 is 13.9 Å². The van der Waals surface area contributed by atoms with Gasteiger partial charge in [-0.3, -0.25) is 0 Å². The van der Waals surface area contributed by atoms with E-state index in [1.54, 1.807) is 0 Å². The predicted octanol–water partition coefficient (Wildman–Crippen LogP) is 2.50. The molecule has 1 heterocycles. The molecule has 104 valence electrons. The Hall–Kier alpha value is -0.840. The second kappa shape index (κ2) is 8.29. The molecule has 0 aliphatic rings. The van der Waals surface area contributed by atoms with Crippen molar-refractivity contribution >= 4 is 0 Å². The van der Waals surface area contributed by atoms with Crippen molar-refractivity contribution in [1.29, 1.82) is 0 Å². The van der Waals surface area contributed by atoms with Gasteiger partial charge in [-0.25, -0.2) is 0 Å². The van der Waals surface area contributed by atoms with E-state index in [-0.39, 0.29) is 0 Å². The third-order valence-corrected chi connectivity index (χ3v) is 2.51. The van der Waals surface area contributed by atoms with E-state index in [2.05, 4.69) is 19.2 Å². The third-order valence-electron chi connectivity index (χ3n) is 2.51. The lowest BCUT2D eigenvalue weighted by Gasteiger charge is -2.06. The minimum atomic E-state index is 0.510. The van der Waals surface area contributed by atoms with Gasteiger partial charge in [-0.15, -0.1) is 0 Å². The van der Waals surface area contributed by atoms with E-state index in [4.69, 9.17) is 13.9 Å². The molecule has 1 aromatic heterocycles. The molecular formula is C14H25NO3. The Morgan fingerprint density at radius 3 is 2.67 bits per heavy atom. The van der Waals surface area contributed by atoms with Crippen LogP contribution in [0.25, 0.3) is 0 Å². The van der Waals surface area contributed by atoms with Gasteiger partial charge in [-0.2, -0.15) is 0 Å². The maximum absolute atomic E-state index is 5.61. The quantitative estimate of drug-likeness (QED) is 0.689. The van der Waals surface area contributed by atoms with Crippen LogP contribution in [0.5, 0.6) is 0 Å². The lowest BCUT2D eigenvalue weighted by atomic mass is 10.2. The molecule has 0 fully saturated rings. The van der Waals surface area contributed by atoms with Crippen molar-refractivity contribution in [2.75, 3.05) is 26.9 Å². The van der Waals surface area contributed by atoms with Crippen LogP contribution in [-0.2, 0) is 22.6 Å². The number of rotatable bonds is 9. The zero-order valence-corrected chi connectivity index (χ0v) is 11.9. The number of furan rings is 1. The molecule has 1 aromatic rings. The van der Waals surface area contributed by atoms with Gasteiger partial charge in [-0.05, 0) is 26.0 Å². The van der Waals surface area contributed by atoms with Crippen LogP contribution in [0.1, 0.15) is 30.9 Å². The van der Waals surface area contributed by atoms with Gasteiger partial charge < -0.3 is 19.2 Å². The summed E-state index contributed by atoms with van der Waals surface area (Å²) in [6.45, 7) is 9.61. The van der Waals surface area contributed by atoms with E-state index in [1.165, 1.54) is 5.56 Å². The number of hydrogen-bond acceptors (Lipinski definition) is 4. The summed E-state index contributed by atoms with van der Waals surface area (Å²) in [6.07, 6.45) is 0. The SMILES string of the molecule is CNCc1cc(COCCOCC(C)C)oc1C. The molecule has 1 rings (SSSR count).